The van der Waals surface area contributed by atoms with Crippen LogP contribution in [-0.2, 0) is 0 Å². The number of aryl methyl sites for hydroxylation is 1. The maximum Gasteiger partial charge on any atom is 0.119 e. The molecule has 0 heterocycles. The number of rotatable bonds is 3. The predicted octanol–water partition coefficient (Wildman–Crippen LogP) is 5.03. The van der Waals surface area contributed by atoms with Crippen LogP contribution in [0.2, 0.25) is 0 Å². The van der Waals surface area contributed by atoms with Gasteiger partial charge in [0.05, 0.1) is 18.8 Å². The summed E-state index contributed by atoms with van der Waals surface area (Å²) in [5.74, 6) is 1.11. The molecule has 2 fully saturated rings. The van der Waals surface area contributed by atoms with Crippen molar-refractivity contribution >= 4 is 0 Å². The van der Waals surface area contributed by atoms with Gasteiger partial charge in [0, 0.05) is 5.92 Å². The van der Waals surface area contributed by atoms with Crippen LogP contribution in [0, 0.1) is 29.6 Å². The van der Waals surface area contributed by atoms with E-state index in [2.05, 4.69) is 20.8 Å². The maximum absolute atomic E-state index is 11.5. The summed E-state index contributed by atoms with van der Waals surface area (Å²) in [6, 6.07) is 5.93. The van der Waals surface area contributed by atoms with E-state index in [1.165, 1.54) is 6.42 Å². The van der Waals surface area contributed by atoms with Crippen LogP contribution in [0.1, 0.15) is 77.0 Å². The Labute approximate surface area is 158 Å². The lowest BCUT2D eigenvalue weighted by Gasteiger charge is -2.62. The van der Waals surface area contributed by atoms with Crippen LogP contribution >= 0.6 is 0 Å². The zero-order chi connectivity index (χ0) is 19.3. The minimum atomic E-state index is -0.866. The van der Waals surface area contributed by atoms with Gasteiger partial charge in [-0.1, -0.05) is 33.3 Å². The third-order valence-corrected chi connectivity index (χ3v) is 7.56. The molecule has 0 bridgehead atoms. The first-order chi connectivity index (χ1) is 12.0. The standard InChI is InChI=1S/C23H36O3/c1-15-12-16(14-17(13-15)26-6)19(24)20-22(4)10-7-9-21(2,3)18(22)8-11-23(20,5)25/h12-14,18-20,24-25H,7-11H2,1-6H3/t18-,19?,20?,22-,23+/m0/s1. The fraction of sp³-hybridized carbons (Fsp3) is 0.739. The first-order valence-electron chi connectivity index (χ1n) is 10.1. The molecule has 146 valence electrons. The summed E-state index contributed by atoms with van der Waals surface area (Å²) in [6.07, 6.45) is 4.56. The van der Waals surface area contributed by atoms with Crippen LogP contribution in [0.5, 0.6) is 5.75 Å². The highest BCUT2D eigenvalue weighted by atomic mass is 16.5. The van der Waals surface area contributed by atoms with Crippen molar-refractivity contribution < 1.29 is 14.9 Å². The van der Waals surface area contributed by atoms with Crippen molar-refractivity contribution in [2.75, 3.05) is 7.11 Å². The first kappa shape index (κ1) is 19.7. The largest absolute Gasteiger partial charge is 0.497 e. The minimum Gasteiger partial charge on any atom is -0.497 e. The van der Waals surface area contributed by atoms with Crippen molar-refractivity contribution in [3.05, 3.63) is 29.3 Å². The molecule has 0 saturated heterocycles. The zero-order valence-electron chi connectivity index (χ0n) is 17.3. The molecule has 2 unspecified atom stereocenters. The van der Waals surface area contributed by atoms with Gasteiger partial charge in [-0.3, -0.25) is 0 Å². The van der Waals surface area contributed by atoms with Crippen LogP contribution in [0.4, 0.5) is 0 Å². The second kappa shape index (κ2) is 6.53. The van der Waals surface area contributed by atoms with E-state index in [9.17, 15) is 10.2 Å². The van der Waals surface area contributed by atoms with E-state index in [1.54, 1.807) is 7.11 Å². The molecule has 1 aromatic carbocycles. The van der Waals surface area contributed by atoms with Gasteiger partial charge in [-0.25, -0.2) is 0 Å². The zero-order valence-corrected chi connectivity index (χ0v) is 17.3. The fourth-order valence-corrected chi connectivity index (χ4v) is 6.52. The van der Waals surface area contributed by atoms with Gasteiger partial charge in [-0.15, -0.1) is 0 Å². The molecule has 2 saturated carbocycles. The molecule has 0 amide bonds. The molecule has 0 aromatic heterocycles. The highest BCUT2D eigenvalue weighted by Crippen LogP contribution is 2.64. The topological polar surface area (TPSA) is 49.7 Å². The van der Waals surface area contributed by atoms with E-state index in [0.717, 1.165) is 42.6 Å². The Morgan fingerprint density at radius 2 is 1.77 bits per heavy atom. The first-order valence-corrected chi connectivity index (χ1v) is 10.1. The lowest BCUT2D eigenvalue weighted by molar-refractivity contribution is -0.201. The van der Waals surface area contributed by atoms with Crippen molar-refractivity contribution in [1.82, 2.24) is 0 Å². The summed E-state index contributed by atoms with van der Waals surface area (Å²) in [5.41, 5.74) is 1.25. The predicted molar refractivity (Wildman–Crippen MR) is 105 cm³/mol. The molecule has 0 spiro atoms. The molecule has 26 heavy (non-hydrogen) atoms. The molecule has 5 atom stereocenters. The van der Waals surface area contributed by atoms with E-state index in [1.807, 2.05) is 32.0 Å². The van der Waals surface area contributed by atoms with Crippen LogP contribution in [0.3, 0.4) is 0 Å². The molecule has 1 aromatic rings. The normalized spacial score (nSPS) is 37.7. The number of aliphatic hydroxyl groups is 2. The van der Waals surface area contributed by atoms with E-state index < -0.39 is 11.7 Å². The fourth-order valence-electron chi connectivity index (χ4n) is 6.52. The van der Waals surface area contributed by atoms with Gasteiger partial charge in [0.1, 0.15) is 5.75 Å². The van der Waals surface area contributed by atoms with Crippen molar-refractivity contribution in [3.8, 4) is 5.75 Å². The molecule has 3 heteroatoms. The van der Waals surface area contributed by atoms with Crippen LogP contribution in [-0.4, -0.2) is 22.9 Å². The third kappa shape index (κ3) is 3.18. The van der Waals surface area contributed by atoms with Gasteiger partial charge >= 0.3 is 0 Å². The Bertz CT molecular complexity index is 663. The summed E-state index contributed by atoms with van der Waals surface area (Å²) >= 11 is 0. The maximum atomic E-state index is 11.5. The number of benzene rings is 1. The quantitative estimate of drug-likeness (QED) is 0.795. The van der Waals surface area contributed by atoms with Gasteiger partial charge in [-0.2, -0.15) is 0 Å². The minimum absolute atomic E-state index is 0.0695. The average molecular weight is 361 g/mol. The molecular formula is C23H36O3. The molecule has 3 rings (SSSR count). The van der Waals surface area contributed by atoms with Gasteiger partial charge in [0.2, 0.25) is 0 Å². The Hall–Kier alpha value is -1.06. The Balaban J connectivity index is 2.06. The Kier molecular flexibility index (Phi) is 4.94. The number of hydrogen-bond donors (Lipinski definition) is 2. The van der Waals surface area contributed by atoms with Crippen molar-refractivity contribution in [1.29, 1.82) is 0 Å². The molecular weight excluding hydrogens is 324 g/mol. The van der Waals surface area contributed by atoms with E-state index in [4.69, 9.17) is 4.74 Å². The smallest absolute Gasteiger partial charge is 0.119 e. The number of methoxy groups -OCH3 is 1. The second-order valence-corrected chi connectivity index (χ2v) is 10.0. The lowest BCUT2D eigenvalue weighted by atomic mass is 9.44. The Morgan fingerprint density at radius 3 is 2.42 bits per heavy atom. The van der Waals surface area contributed by atoms with Crippen LogP contribution in [0.25, 0.3) is 0 Å². The van der Waals surface area contributed by atoms with Crippen molar-refractivity contribution in [2.24, 2.45) is 22.7 Å². The third-order valence-electron chi connectivity index (χ3n) is 7.56. The lowest BCUT2D eigenvalue weighted by Crippen LogP contribution is -2.59. The second-order valence-electron chi connectivity index (χ2n) is 10.0. The van der Waals surface area contributed by atoms with Crippen LogP contribution in [0.15, 0.2) is 18.2 Å². The molecule has 2 aliphatic carbocycles. The Morgan fingerprint density at radius 1 is 1.08 bits per heavy atom. The number of fused-ring (bicyclic) bond motifs is 1. The molecule has 0 radical (unpaired) electrons. The van der Waals surface area contributed by atoms with E-state index >= 15 is 0 Å². The molecule has 0 aliphatic heterocycles. The SMILES string of the molecule is COc1cc(C)cc(C(O)C2[C@](C)(O)CC[C@H]3C(C)(C)CCC[C@]23C)c1. The highest BCUT2D eigenvalue weighted by molar-refractivity contribution is 5.36. The highest BCUT2D eigenvalue weighted by Gasteiger charge is 2.60. The van der Waals surface area contributed by atoms with E-state index in [-0.39, 0.29) is 16.7 Å². The van der Waals surface area contributed by atoms with Crippen molar-refractivity contribution in [2.45, 2.75) is 78.4 Å². The molecule has 3 nitrogen and oxygen atoms in total. The van der Waals surface area contributed by atoms with Gasteiger partial charge in [0.15, 0.2) is 0 Å². The molecule has 2 N–H and O–H groups in total. The van der Waals surface area contributed by atoms with Crippen molar-refractivity contribution in [3.63, 3.8) is 0 Å². The summed E-state index contributed by atoms with van der Waals surface area (Å²) in [4.78, 5) is 0. The van der Waals surface area contributed by atoms with E-state index in [0.29, 0.717) is 5.92 Å². The average Bonchev–Trinajstić information content (AvgIpc) is 2.51. The summed E-state index contributed by atoms with van der Waals surface area (Å²) in [6.45, 7) is 11.0. The van der Waals surface area contributed by atoms with Gasteiger partial charge < -0.3 is 14.9 Å². The number of aliphatic hydroxyl groups excluding tert-OH is 1. The number of ether oxygens (including phenoxy) is 1. The summed E-state index contributed by atoms with van der Waals surface area (Å²) in [7, 11) is 1.66. The summed E-state index contributed by atoms with van der Waals surface area (Å²) in [5, 5.41) is 22.8. The number of hydrogen-bond acceptors (Lipinski definition) is 3. The molecule has 2 aliphatic rings. The van der Waals surface area contributed by atoms with Crippen LogP contribution < -0.4 is 4.74 Å². The van der Waals surface area contributed by atoms with Gasteiger partial charge in [-0.05, 0) is 79.5 Å². The van der Waals surface area contributed by atoms with Gasteiger partial charge in [0.25, 0.3) is 0 Å². The monoisotopic (exact) mass is 360 g/mol. The summed E-state index contributed by atoms with van der Waals surface area (Å²) < 4.78 is 5.42.